The van der Waals surface area contributed by atoms with Gasteiger partial charge in [0, 0.05) is 6.07 Å². The van der Waals surface area contributed by atoms with E-state index in [9.17, 15) is 4.39 Å². The average Bonchev–Trinajstić information content (AvgIpc) is 2.41. The summed E-state index contributed by atoms with van der Waals surface area (Å²) in [6.07, 6.45) is 1.25. The number of anilines is 1. The monoisotopic (exact) mass is 323 g/mol. The summed E-state index contributed by atoms with van der Waals surface area (Å²) in [5.41, 5.74) is 2.30. The Morgan fingerprint density at radius 1 is 1.42 bits per heavy atom. The van der Waals surface area contributed by atoms with Crippen molar-refractivity contribution < 1.29 is 9.13 Å². The molecule has 0 bridgehead atoms. The predicted molar refractivity (Wildman–Crippen MR) is 68.7 cm³/mol. The lowest BCUT2D eigenvalue weighted by Gasteiger charge is -2.08. The van der Waals surface area contributed by atoms with Crippen LogP contribution in [0, 0.1) is 17.1 Å². The van der Waals surface area contributed by atoms with Crippen LogP contribution in [0.1, 0.15) is 5.56 Å². The molecule has 3 N–H and O–H groups in total. The maximum atomic E-state index is 13.4. The van der Waals surface area contributed by atoms with Gasteiger partial charge in [0.25, 0.3) is 0 Å². The topological polar surface area (TPSA) is 96.8 Å². The number of nitriles is 1. The molecule has 0 radical (unpaired) electrons. The van der Waals surface area contributed by atoms with Crippen molar-refractivity contribution in [3.63, 3.8) is 0 Å². The van der Waals surface area contributed by atoms with Crippen molar-refractivity contribution in [2.45, 2.75) is 0 Å². The number of rotatable bonds is 3. The van der Waals surface area contributed by atoms with Gasteiger partial charge in [-0.05, 0) is 28.1 Å². The number of nitrogens with zero attached hydrogens (tertiary/aromatic N) is 3. The fourth-order valence-electron chi connectivity index (χ4n) is 1.29. The number of ether oxygens (including phenoxy) is 1. The molecule has 0 aliphatic carbocycles. The van der Waals surface area contributed by atoms with Gasteiger partial charge in [-0.15, -0.1) is 0 Å². The van der Waals surface area contributed by atoms with Crippen molar-refractivity contribution in [3.8, 4) is 17.7 Å². The third kappa shape index (κ3) is 2.78. The Labute approximate surface area is 116 Å². The minimum absolute atomic E-state index is 0.0570. The van der Waals surface area contributed by atoms with Crippen molar-refractivity contribution in [3.05, 3.63) is 40.4 Å². The number of nitrogens with one attached hydrogen (secondary N) is 1. The van der Waals surface area contributed by atoms with E-state index in [1.165, 1.54) is 18.5 Å². The molecule has 0 fully saturated rings. The molecule has 0 aliphatic heterocycles. The normalized spacial score (nSPS) is 9.79. The molecule has 0 spiro atoms. The summed E-state index contributed by atoms with van der Waals surface area (Å²) >= 11 is 3.21. The van der Waals surface area contributed by atoms with Crippen LogP contribution in [-0.4, -0.2) is 9.97 Å². The van der Waals surface area contributed by atoms with Gasteiger partial charge in [0.1, 0.15) is 28.4 Å². The highest BCUT2D eigenvalue weighted by molar-refractivity contribution is 9.10. The summed E-state index contributed by atoms with van der Waals surface area (Å²) in [6.45, 7) is 0. The van der Waals surface area contributed by atoms with Gasteiger partial charge >= 0.3 is 0 Å². The highest BCUT2D eigenvalue weighted by Gasteiger charge is 2.11. The van der Waals surface area contributed by atoms with Crippen molar-refractivity contribution in [2.75, 3.05) is 5.43 Å². The Balaban J connectivity index is 2.32. The standard InChI is InChI=1S/C11H7BrFN5O/c12-9-10(18-15)16-5-17-11(9)19-7-2-1-6(4-14)8(13)3-7/h1-3,5H,15H2,(H,16,17,18). The summed E-state index contributed by atoms with van der Waals surface area (Å²) in [5, 5.41) is 8.63. The third-order valence-corrected chi connectivity index (χ3v) is 2.88. The Bertz CT molecular complexity index is 658. The number of nitrogen functional groups attached to an aromatic ring is 1. The van der Waals surface area contributed by atoms with E-state index >= 15 is 0 Å². The van der Waals surface area contributed by atoms with Gasteiger partial charge in [-0.3, -0.25) is 0 Å². The summed E-state index contributed by atoms with van der Waals surface area (Å²) in [4.78, 5) is 7.74. The number of benzene rings is 1. The van der Waals surface area contributed by atoms with E-state index in [0.29, 0.717) is 10.3 Å². The van der Waals surface area contributed by atoms with Gasteiger partial charge < -0.3 is 10.2 Å². The summed E-state index contributed by atoms with van der Waals surface area (Å²) in [5.74, 6) is 5.30. The number of hydrogen-bond acceptors (Lipinski definition) is 6. The lowest BCUT2D eigenvalue weighted by Crippen LogP contribution is -2.09. The van der Waals surface area contributed by atoms with Crippen molar-refractivity contribution >= 4 is 21.7 Å². The highest BCUT2D eigenvalue weighted by Crippen LogP contribution is 2.31. The van der Waals surface area contributed by atoms with E-state index in [1.807, 2.05) is 0 Å². The first kappa shape index (κ1) is 13.2. The molecule has 1 heterocycles. The van der Waals surface area contributed by atoms with Gasteiger partial charge in [0.2, 0.25) is 5.88 Å². The number of hydrazine groups is 1. The molecule has 0 saturated heterocycles. The number of halogens is 2. The van der Waals surface area contributed by atoms with E-state index in [2.05, 4.69) is 31.3 Å². The molecule has 1 aromatic carbocycles. The van der Waals surface area contributed by atoms with Crippen LogP contribution in [0.5, 0.6) is 11.6 Å². The first-order valence-electron chi connectivity index (χ1n) is 5.00. The van der Waals surface area contributed by atoms with E-state index < -0.39 is 5.82 Å². The molecular weight excluding hydrogens is 317 g/mol. The minimum Gasteiger partial charge on any atom is -0.438 e. The predicted octanol–water partition coefficient (Wildman–Crippen LogP) is 2.33. The van der Waals surface area contributed by atoms with Crippen LogP contribution in [-0.2, 0) is 0 Å². The molecule has 0 unspecified atom stereocenters. The van der Waals surface area contributed by atoms with Crippen LogP contribution in [0.4, 0.5) is 10.2 Å². The zero-order valence-corrected chi connectivity index (χ0v) is 11.0. The van der Waals surface area contributed by atoms with Crippen molar-refractivity contribution in [1.29, 1.82) is 5.26 Å². The molecule has 0 amide bonds. The van der Waals surface area contributed by atoms with Crippen LogP contribution in [0.25, 0.3) is 0 Å². The second-order valence-corrected chi connectivity index (χ2v) is 4.13. The Morgan fingerprint density at radius 3 is 2.84 bits per heavy atom. The second-order valence-electron chi connectivity index (χ2n) is 3.34. The van der Waals surface area contributed by atoms with E-state index in [-0.39, 0.29) is 17.2 Å². The lowest BCUT2D eigenvalue weighted by molar-refractivity contribution is 0.453. The maximum Gasteiger partial charge on any atom is 0.238 e. The smallest absolute Gasteiger partial charge is 0.238 e. The molecule has 0 atom stereocenters. The Hall–Kier alpha value is -2.24. The van der Waals surface area contributed by atoms with Gasteiger partial charge in [-0.2, -0.15) is 5.26 Å². The lowest BCUT2D eigenvalue weighted by atomic mass is 10.2. The highest BCUT2D eigenvalue weighted by atomic mass is 79.9. The zero-order valence-electron chi connectivity index (χ0n) is 9.39. The quantitative estimate of drug-likeness (QED) is 0.664. The molecule has 2 rings (SSSR count). The maximum absolute atomic E-state index is 13.4. The van der Waals surface area contributed by atoms with Crippen molar-refractivity contribution in [2.24, 2.45) is 5.84 Å². The fraction of sp³-hybridized carbons (Fsp3) is 0. The van der Waals surface area contributed by atoms with Gasteiger partial charge in [0.15, 0.2) is 5.82 Å². The molecule has 19 heavy (non-hydrogen) atoms. The minimum atomic E-state index is -0.664. The first-order chi connectivity index (χ1) is 9.15. The average molecular weight is 324 g/mol. The van der Waals surface area contributed by atoms with Gasteiger partial charge in [-0.25, -0.2) is 20.2 Å². The molecule has 8 heteroatoms. The van der Waals surface area contributed by atoms with E-state index in [1.54, 1.807) is 6.07 Å². The summed E-state index contributed by atoms with van der Waals surface area (Å²) in [6, 6.07) is 5.61. The molecule has 96 valence electrons. The van der Waals surface area contributed by atoms with Crippen LogP contribution in [0.15, 0.2) is 29.0 Å². The Kier molecular flexibility index (Phi) is 3.89. The summed E-state index contributed by atoms with van der Waals surface area (Å²) in [7, 11) is 0. The van der Waals surface area contributed by atoms with Crippen LogP contribution < -0.4 is 16.0 Å². The summed E-state index contributed by atoms with van der Waals surface area (Å²) < 4.78 is 19.2. The largest absolute Gasteiger partial charge is 0.438 e. The fourth-order valence-corrected chi connectivity index (χ4v) is 1.69. The van der Waals surface area contributed by atoms with Gasteiger partial charge in [0.05, 0.1) is 5.56 Å². The number of hydrogen-bond donors (Lipinski definition) is 2. The van der Waals surface area contributed by atoms with E-state index in [4.69, 9.17) is 15.8 Å². The SMILES string of the molecule is N#Cc1ccc(Oc2ncnc(NN)c2Br)cc1F. The van der Waals surface area contributed by atoms with E-state index in [0.717, 1.165) is 6.07 Å². The molecule has 0 aliphatic rings. The molecular formula is C11H7BrFN5O. The molecule has 6 nitrogen and oxygen atoms in total. The number of nitrogens with two attached hydrogens (primary N) is 1. The molecule has 0 saturated carbocycles. The molecule has 2 aromatic rings. The second kappa shape index (κ2) is 5.60. The number of aromatic nitrogens is 2. The molecule has 1 aromatic heterocycles. The van der Waals surface area contributed by atoms with Crippen LogP contribution >= 0.6 is 15.9 Å². The van der Waals surface area contributed by atoms with Gasteiger partial charge in [-0.1, -0.05) is 0 Å². The van der Waals surface area contributed by atoms with Crippen LogP contribution in [0.3, 0.4) is 0 Å². The Morgan fingerprint density at radius 2 is 2.21 bits per heavy atom. The zero-order chi connectivity index (χ0) is 13.8. The van der Waals surface area contributed by atoms with Crippen LogP contribution in [0.2, 0.25) is 0 Å². The van der Waals surface area contributed by atoms with Crippen molar-refractivity contribution in [1.82, 2.24) is 9.97 Å². The third-order valence-electron chi connectivity index (χ3n) is 2.17. The first-order valence-corrected chi connectivity index (χ1v) is 5.79.